The average molecular weight is 185 g/mol. The first-order valence-electron chi connectivity index (χ1n) is 4.19. The molecule has 0 saturated heterocycles. The van der Waals surface area contributed by atoms with Crippen molar-refractivity contribution in [1.82, 2.24) is 14.8 Å². The summed E-state index contributed by atoms with van der Waals surface area (Å²) in [6.45, 7) is 1.82. The topological polar surface area (TPSA) is 60.2 Å². The first-order valence-corrected chi connectivity index (χ1v) is 4.19. The second-order valence-electron chi connectivity index (χ2n) is 3.01. The molecule has 0 fully saturated rings. The zero-order valence-corrected chi connectivity index (χ0v) is 8.14. The zero-order chi connectivity index (χ0) is 9.84. The number of hydrogen-bond acceptors (Lipinski definition) is 4. The van der Waals surface area contributed by atoms with Crippen LogP contribution in [0.5, 0.6) is 0 Å². The molecular formula is C8H15N3O2. The minimum atomic E-state index is -0.534. The molecule has 0 spiro atoms. The van der Waals surface area contributed by atoms with Gasteiger partial charge in [0.25, 0.3) is 0 Å². The Morgan fingerprint density at radius 3 is 2.85 bits per heavy atom. The van der Waals surface area contributed by atoms with Crippen LogP contribution in [0.3, 0.4) is 0 Å². The Morgan fingerprint density at radius 2 is 2.38 bits per heavy atom. The van der Waals surface area contributed by atoms with Crippen molar-refractivity contribution in [3.8, 4) is 0 Å². The predicted molar refractivity (Wildman–Crippen MR) is 47.2 cm³/mol. The van der Waals surface area contributed by atoms with Crippen LogP contribution in [-0.4, -0.2) is 39.2 Å². The van der Waals surface area contributed by atoms with Gasteiger partial charge >= 0.3 is 0 Å². The van der Waals surface area contributed by atoms with Crippen molar-refractivity contribution < 1.29 is 9.84 Å². The molecule has 1 aromatic heterocycles. The molecule has 2 atom stereocenters. The van der Waals surface area contributed by atoms with Crippen molar-refractivity contribution in [3.63, 3.8) is 0 Å². The van der Waals surface area contributed by atoms with Crippen LogP contribution in [0.15, 0.2) is 6.33 Å². The fraction of sp³-hybridized carbons (Fsp3) is 0.750. The molecule has 0 aliphatic heterocycles. The molecule has 1 rings (SSSR count). The third kappa shape index (κ3) is 2.50. The number of aliphatic hydroxyl groups excluding tert-OH is 1. The van der Waals surface area contributed by atoms with Crippen LogP contribution in [0.25, 0.3) is 0 Å². The van der Waals surface area contributed by atoms with E-state index in [2.05, 4.69) is 10.1 Å². The fourth-order valence-electron chi connectivity index (χ4n) is 1.02. The van der Waals surface area contributed by atoms with Crippen molar-refractivity contribution in [1.29, 1.82) is 0 Å². The fourth-order valence-corrected chi connectivity index (χ4v) is 1.02. The van der Waals surface area contributed by atoms with Crippen LogP contribution in [-0.2, 0) is 18.2 Å². The Balaban J connectivity index is 2.54. The van der Waals surface area contributed by atoms with Crippen LogP contribution in [0.2, 0.25) is 0 Å². The molecule has 0 aliphatic carbocycles. The van der Waals surface area contributed by atoms with E-state index in [4.69, 9.17) is 4.74 Å². The summed E-state index contributed by atoms with van der Waals surface area (Å²) < 4.78 is 6.64. The van der Waals surface area contributed by atoms with E-state index in [-0.39, 0.29) is 6.10 Å². The lowest BCUT2D eigenvalue weighted by molar-refractivity contribution is -0.000909. The summed E-state index contributed by atoms with van der Waals surface area (Å²) in [4.78, 5) is 4.01. The Hall–Kier alpha value is -0.940. The van der Waals surface area contributed by atoms with Crippen LogP contribution in [0.4, 0.5) is 0 Å². The molecule has 0 aromatic carbocycles. The van der Waals surface area contributed by atoms with Crippen LogP contribution in [0.1, 0.15) is 12.7 Å². The molecule has 74 valence electrons. The quantitative estimate of drug-likeness (QED) is 0.703. The normalized spacial score (nSPS) is 15.7. The van der Waals surface area contributed by atoms with Gasteiger partial charge in [-0.15, -0.1) is 0 Å². The summed E-state index contributed by atoms with van der Waals surface area (Å²) in [6, 6.07) is 0. The van der Waals surface area contributed by atoms with Gasteiger partial charge in [-0.3, -0.25) is 4.68 Å². The molecule has 5 heteroatoms. The Labute approximate surface area is 77.4 Å². The van der Waals surface area contributed by atoms with E-state index >= 15 is 0 Å². The third-order valence-electron chi connectivity index (χ3n) is 2.11. The second kappa shape index (κ2) is 4.34. The van der Waals surface area contributed by atoms with Crippen molar-refractivity contribution in [2.24, 2.45) is 7.05 Å². The molecule has 2 unspecified atom stereocenters. The van der Waals surface area contributed by atoms with E-state index in [9.17, 15) is 5.11 Å². The number of aromatic nitrogens is 3. The van der Waals surface area contributed by atoms with Gasteiger partial charge in [-0.1, -0.05) is 0 Å². The Morgan fingerprint density at radius 1 is 1.69 bits per heavy atom. The van der Waals surface area contributed by atoms with Gasteiger partial charge < -0.3 is 9.84 Å². The lowest BCUT2D eigenvalue weighted by Crippen LogP contribution is -2.28. The number of hydrogen-bond donors (Lipinski definition) is 1. The highest BCUT2D eigenvalue weighted by Crippen LogP contribution is 2.04. The molecule has 1 aromatic rings. The van der Waals surface area contributed by atoms with Gasteiger partial charge in [0.05, 0.1) is 12.2 Å². The largest absolute Gasteiger partial charge is 0.390 e. The predicted octanol–water partition coefficient (Wildman–Crippen LogP) is -0.247. The van der Waals surface area contributed by atoms with Crippen molar-refractivity contribution in [3.05, 3.63) is 12.2 Å². The number of ether oxygens (including phenoxy) is 1. The maximum Gasteiger partial charge on any atom is 0.138 e. The van der Waals surface area contributed by atoms with Crippen LogP contribution < -0.4 is 0 Å². The van der Waals surface area contributed by atoms with Crippen molar-refractivity contribution in [2.75, 3.05) is 7.11 Å². The number of aliphatic hydroxyl groups is 1. The monoisotopic (exact) mass is 185 g/mol. The highest BCUT2D eigenvalue weighted by atomic mass is 16.5. The molecule has 0 amide bonds. The van der Waals surface area contributed by atoms with Gasteiger partial charge in [0.1, 0.15) is 12.2 Å². The average Bonchev–Trinajstić information content (AvgIpc) is 2.50. The molecule has 0 radical (unpaired) electrons. The lowest BCUT2D eigenvalue weighted by Gasteiger charge is -2.16. The van der Waals surface area contributed by atoms with E-state index in [1.807, 2.05) is 6.92 Å². The van der Waals surface area contributed by atoms with Crippen molar-refractivity contribution in [2.45, 2.75) is 25.6 Å². The van der Waals surface area contributed by atoms with E-state index in [0.29, 0.717) is 6.42 Å². The number of rotatable bonds is 4. The van der Waals surface area contributed by atoms with Gasteiger partial charge in [-0.2, -0.15) is 5.10 Å². The van der Waals surface area contributed by atoms with E-state index in [1.165, 1.54) is 6.33 Å². The molecule has 5 nitrogen and oxygen atoms in total. The van der Waals surface area contributed by atoms with E-state index in [1.54, 1.807) is 18.8 Å². The SMILES string of the molecule is COC(C)C(O)Cc1ncnn1C. The number of aryl methyl sites for hydroxylation is 1. The summed E-state index contributed by atoms with van der Waals surface area (Å²) >= 11 is 0. The highest BCUT2D eigenvalue weighted by molar-refractivity contribution is 4.87. The van der Waals surface area contributed by atoms with Gasteiger partial charge in [-0.05, 0) is 6.92 Å². The van der Waals surface area contributed by atoms with Gasteiger partial charge in [0.15, 0.2) is 0 Å². The van der Waals surface area contributed by atoms with Crippen molar-refractivity contribution >= 4 is 0 Å². The molecule has 0 bridgehead atoms. The number of methoxy groups -OCH3 is 1. The number of nitrogens with zero attached hydrogens (tertiary/aromatic N) is 3. The summed E-state index contributed by atoms with van der Waals surface area (Å²) in [7, 11) is 3.37. The molecular weight excluding hydrogens is 170 g/mol. The van der Waals surface area contributed by atoms with E-state index in [0.717, 1.165) is 5.82 Å². The maximum atomic E-state index is 9.61. The summed E-state index contributed by atoms with van der Waals surface area (Å²) in [5.41, 5.74) is 0. The first kappa shape index (κ1) is 10.1. The van der Waals surface area contributed by atoms with Gasteiger partial charge in [-0.25, -0.2) is 4.98 Å². The van der Waals surface area contributed by atoms with Gasteiger partial charge in [0, 0.05) is 20.6 Å². The van der Waals surface area contributed by atoms with Crippen LogP contribution >= 0.6 is 0 Å². The second-order valence-corrected chi connectivity index (χ2v) is 3.01. The van der Waals surface area contributed by atoms with Gasteiger partial charge in [0.2, 0.25) is 0 Å². The smallest absolute Gasteiger partial charge is 0.138 e. The molecule has 0 aliphatic rings. The molecule has 1 heterocycles. The summed E-state index contributed by atoms with van der Waals surface area (Å²) in [5, 5.41) is 13.5. The molecule has 13 heavy (non-hydrogen) atoms. The highest BCUT2D eigenvalue weighted by Gasteiger charge is 2.16. The van der Waals surface area contributed by atoms with Crippen LogP contribution in [0, 0.1) is 0 Å². The first-order chi connectivity index (χ1) is 6.15. The lowest BCUT2D eigenvalue weighted by atomic mass is 10.1. The third-order valence-corrected chi connectivity index (χ3v) is 2.11. The molecule has 1 N–H and O–H groups in total. The summed E-state index contributed by atoms with van der Waals surface area (Å²) in [5.74, 6) is 0.761. The minimum Gasteiger partial charge on any atom is -0.390 e. The Bertz CT molecular complexity index is 262. The molecule has 0 saturated carbocycles. The maximum absolute atomic E-state index is 9.61. The van der Waals surface area contributed by atoms with E-state index < -0.39 is 6.10 Å². The summed E-state index contributed by atoms with van der Waals surface area (Å²) in [6.07, 6.45) is 1.22. The zero-order valence-electron chi connectivity index (χ0n) is 8.14. The standard InChI is InChI=1S/C8H15N3O2/c1-6(13-3)7(12)4-8-9-5-10-11(8)2/h5-7,12H,4H2,1-3H3. The Kier molecular flexibility index (Phi) is 3.39. The minimum absolute atomic E-state index is 0.184.